The highest BCUT2D eigenvalue weighted by Gasteiger charge is 2.28. The highest BCUT2D eigenvalue weighted by atomic mass is 19.1. The third kappa shape index (κ3) is 6.08. The Morgan fingerprint density at radius 3 is 1.06 bits per heavy atom. The Labute approximate surface area is 381 Å². The standard InChI is InChI=1S/C60H46F2N2O2/c1-59(2,3)47-15-7-11-41-43-13-9-17-51(57(43)65-55(41)47)63(39-27-23-37(61)24-28-39)49-33-21-35-20-32-46-50(34-22-36-19-31-45(49)53(35)54(36)46)64(40-29-25-38(62)26-30-40)52-18-10-14-44-42-12-8-16-48(60(4,5)6)56(42)66-58(44)52/h7-34H,1-6H3. The van der Waals surface area contributed by atoms with Crippen molar-refractivity contribution in [3.63, 3.8) is 0 Å². The molecular weight excluding hydrogens is 819 g/mol. The van der Waals surface area contributed by atoms with Crippen LogP contribution in [0.25, 0.3) is 76.2 Å². The molecular formula is C60H46F2N2O2. The number of anilines is 6. The molecule has 0 N–H and O–H groups in total. The van der Waals surface area contributed by atoms with E-state index in [2.05, 4.69) is 173 Å². The maximum Gasteiger partial charge on any atom is 0.159 e. The van der Waals surface area contributed by atoms with E-state index in [0.717, 1.165) is 121 Å². The molecule has 0 saturated carbocycles. The number of halogens is 2. The number of rotatable bonds is 6. The Morgan fingerprint density at radius 2 is 0.682 bits per heavy atom. The lowest BCUT2D eigenvalue weighted by molar-refractivity contribution is 0.572. The van der Waals surface area contributed by atoms with E-state index in [-0.39, 0.29) is 22.5 Å². The lowest BCUT2D eigenvalue weighted by atomic mass is 9.86. The van der Waals surface area contributed by atoms with Gasteiger partial charge in [0.05, 0.1) is 22.7 Å². The minimum atomic E-state index is -0.308. The molecule has 0 atom stereocenters. The van der Waals surface area contributed by atoms with Crippen molar-refractivity contribution in [3.05, 3.63) is 193 Å². The van der Waals surface area contributed by atoms with E-state index in [0.29, 0.717) is 0 Å². The lowest BCUT2D eigenvalue weighted by Crippen LogP contribution is -2.12. The van der Waals surface area contributed by atoms with Gasteiger partial charge in [-0.25, -0.2) is 8.78 Å². The zero-order chi connectivity index (χ0) is 45.2. The van der Waals surface area contributed by atoms with Gasteiger partial charge in [-0.15, -0.1) is 0 Å². The van der Waals surface area contributed by atoms with Crippen LogP contribution in [0.15, 0.2) is 179 Å². The first-order chi connectivity index (χ1) is 31.8. The van der Waals surface area contributed by atoms with Gasteiger partial charge in [0.25, 0.3) is 0 Å². The summed E-state index contributed by atoms with van der Waals surface area (Å²) in [7, 11) is 0. The van der Waals surface area contributed by atoms with Crippen molar-refractivity contribution in [2.24, 2.45) is 0 Å². The monoisotopic (exact) mass is 864 g/mol. The number of nitrogens with zero attached hydrogens (tertiary/aromatic N) is 2. The Kier molecular flexibility index (Phi) is 8.70. The Balaban J connectivity index is 1.12. The predicted molar refractivity (Wildman–Crippen MR) is 271 cm³/mol. The molecule has 0 aliphatic heterocycles. The highest BCUT2D eigenvalue weighted by Crippen LogP contribution is 2.51. The third-order valence-electron chi connectivity index (χ3n) is 13.4. The van der Waals surface area contributed by atoms with Crippen LogP contribution >= 0.6 is 0 Å². The van der Waals surface area contributed by atoms with Crippen LogP contribution < -0.4 is 9.80 Å². The van der Waals surface area contributed by atoms with E-state index in [9.17, 15) is 8.78 Å². The molecule has 0 spiro atoms. The summed E-state index contributed by atoms with van der Waals surface area (Å²) in [5.74, 6) is -0.617. The fourth-order valence-corrected chi connectivity index (χ4v) is 10.3. The van der Waals surface area contributed by atoms with Crippen LogP contribution in [0.5, 0.6) is 0 Å². The zero-order valence-corrected chi connectivity index (χ0v) is 37.6. The van der Waals surface area contributed by atoms with Crippen LogP contribution in [0.4, 0.5) is 42.9 Å². The molecule has 0 aliphatic rings. The van der Waals surface area contributed by atoms with Gasteiger partial charge in [0, 0.05) is 54.8 Å². The molecule has 4 nitrogen and oxygen atoms in total. The number of hydrogen-bond donors (Lipinski definition) is 0. The van der Waals surface area contributed by atoms with Crippen LogP contribution in [0.3, 0.4) is 0 Å². The topological polar surface area (TPSA) is 32.8 Å². The third-order valence-corrected chi connectivity index (χ3v) is 13.4. The molecule has 6 heteroatoms. The number of para-hydroxylation sites is 4. The van der Waals surface area contributed by atoms with E-state index in [1.807, 2.05) is 24.3 Å². The second-order valence-corrected chi connectivity index (χ2v) is 19.6. The first-order valence-electron chi connectivity index (χ1n) is 22.5. The van der Waals surface area contributed by atoms with Crippen molar-refractivity contribution in [3.8, 4) is 0 Å². The molecule has 322 valence electrons. The van der Waals surface area contributed by atoms with Crippen molar-refractivity contribution in [2.45, 2.75) is 52.4 Å². The van der Waals surface area contributed by atoms with Crippen LogP contribution in [-0.2, 0) is 10.8 Å². The molecule has 66 heavy (non-hydrogen) atoms. The smallest absolute Gasteiger partial charge is 0.159 e. The molecule has 12 rings (SSSR count). The van der Waals surface area contributed by atoms with Gasteiger partial charge in [-0.2, -0.15) is 0 Å². The van der Waals surface area contributed by atoms with Gasteiger partial charge in [-0.05, 0) is 105 Å². The number of fused-ring (bicyclic) bond motifs is 6. The largest absolute Gasteiger partial charge is 0.454 e. The van der Waals surface area contributed by atoms with E-state index in [1.165, 1.54) is 24.3 Å². The minimum Gasteiger partial charge on any atom is -0.454 e. The van der Waals surface area contributed by atoms with Gasteiger partial charge in [-0.1, -0.05) is 139 Å². The van der Waals surface area contributed by atoms with Gasteiger partial charge >= 0.3 is 0 Å². The zero-order valence-electron chi connectivity index (χ0n) is 37.6. The average Bonchev–Trinajstić information content (AvgIpc) is 3.89. The second kappa shape index (κ2) is 14.4. The number of benzene rings is 10. The van der Waals surface area contributed by atoms with Crippen LogP contribution in [0, 0.1) is 11.6 Å². The summed E-state index contributed by atoms with van der Waals surface area (Å²) >= 11 is 0. The Morgan fingerprint density at radius 1 is 0.333 bits per heavy atom. The maximum absolute atomic E-state index is 14.7. The summed E-state index contributed by atoms with van der Waals surface area (Å²) in [5.41, 5.74) is 10.4. The van der Waals surface area contributed by atoms with Crippen molar-refractivity contribution >= 4 is 110 Å². The first kappa shape index (κ1) is 39.9. The Hall–Kier alpha value is -7.70. The molecule has 0 radical (unpaired) electrons. The number of hydrogen-bond acceptors (Lipinski definition) is 4. The molecule has 0 aliphatic carbocycles. The first-order valence-corrected chi connectivity index (χ1v) is 22.5. The van der Waals surface area contributed by atoms with E-state index < -0.39 is 0 Å². The maximum atomic E-state index is 14.7. The summed E-state index contributed by atoms with van der Waals surface area (Å²) in [4.78, 5) is 4.40. The van der Waals surface area contributed by atoms with Crippen LogP contribution in [0.1, 0.15) is 52.7 Å². The molecule has 0 bridgehead atoms. The SMILES string of the molecule is CC(C)(C)c1cccc2c1oc1c(N(c3ccc(F)cc3)c3ccc4ccc5c(N(c6ccc(F)cc6)c6cccc7c6oc6c(C(C)(C)C)cccc67)ccc6ccc3c4c65)cccc12. The van der Waals surface area contributed by atoms with Gasteiger partial charge in [0.1, 0.15) is 22.8 Å². The fourth-order valence-electron chi connectivity index (χ4n) is 10.3. The average molecular weight is 865 g/mol. The van der Waals surface area contributed by atoms with Crippen molar-refractivity contribution < 1.29 is 17.6 Å². The molecule has 0 unspecified atom stereocenters. The lowest BCUT2D eigenvalue weighted by Gasteiger charge is -2.29. The quantitative estimate of drug-likeness (QED) is 0.156. The summed E-state index contributed by atoms with van der Waals surface area (Å²) in [6, 6.07) is 56.1. The summed E-state index contributed by atoms with van der Waals surface area (Å²) < 4.78 is 43.4. The second-order valence-electron chi connectivity index (χ2n) is 19.6. The van der Waals surface area contributed by atoms with E-state index in [1.54, 1.807) is 0 Å². The molecule has 0 amide bonds. The van der Waals surface area contributed by atoms with Crippen LogP contribution in [0.2, 0.25) is 0 Å². The van der Waals surface area contributed by atoms with Gasteiger partial charge < -0.3 is 18.6 Å². The minimum absolute atomic E-state index is 0.143. The van der Waals surface area contributed by atoms with Crippen molar-refractivity contribution in [1.29, 1.82) is 0 Å². The summed E-state index contributed by atoms with van der Waals surface area (Å²) in [6.07, 6.45) is 0. The normalized spacial score (nSPS) is 12.5. The van der Waals surface area contributed by atoms with E-state index in [4.69, 9.17) is 8.83 Å². The molecule has 2 heterocycles. The van der Waals surface area contributed by atoms with Crippen LogP contribution in [-0.4, -0.2) is 0 Å². The molecule has 0 saturated heterocycles. The summed E-state index contributed by atoms with van der Waals surface area (Å²) in [5, 5.41) is 10.6. The van der Waals surface area contributed by atoms with Crippen molar-refractivity contribution in [1.82, 2.24) is 0 Å². The molecule has 12 aromatic rings. The predicted octanol–water partition coefficient (Wildman–Crippen LogP) is 18.2. The van der Waals surface area contributed by atoms with Gasteiger partial charge in [0.15, 0.2) is 11.2 Å². The highest BCUT2D eigenvalue weighted by molar-refractivity contribution is 6.28. The molecule has 2 aromatic heterocycles. The van der Waals surface area contributed by atoms with Gasteiger partial charge in [-0.3, -0.25) is 0 Å². The van der Waals surface area contributed by atoms with E-state index >= 15 is 0 Å². The Bertz CT molecular complexity index is 3610. The summed E-state index contributed by atoms with van der Waals surface area (Å²) in [6.45, 7) is 13.2. The number of furan rings is 2. The van der Waals surface area contributed by atoms with Crippen molar-refractivity contribution in [2.75, 3.05) is 9.80 Å². The molecule has 0 fully saturated rings. The van der Waals surface area contributed by atoms with Gasteiger partial charge in [0.2, 0.25) is 0 Å². The molecule has 10 aromatic carbocycles. The fraction of sp³-hybridized carbons (Fsp3) is 0.133.